The van der Waals surface area contributed by atoms with Gasteiger partial charge < -0.3 is 9.11 Å². The van der Waals surface area contributed by atoms with Crippen molar-refractivity contribution in [3.8, 4) is 0 Å². The van der Waals surface area contributed by atoms with Crippen LogP contribution in [0.4, 0.5) is 0 Å². The number of hydrogen-bond acceptors (Lipinski definition) is 6. The minimum absolute atomic E-state index is 0. The minimum atomic E-state index is -4.51. The molecule has 0 heterocycles. The summed E-state index contributed by atoms with van der Waals surface area (Å²) in [5.74, 6) is 0.293. The van der Waals surface area contributed by atoms with Gasteiger partial charge in [-0.15, -0.1) is 0 Å². The van der Waals surface area contributed by atoms with Gasteiger partial charge in [-0.25, -0.2) is 16.8 Å². The maximum absolute atomic E-state index is 11.8. The van der Waals surface area contributed by atoms with Crippen molar-refractivity contribution >= 4 is 79.5 Å². The van der Waals surface area contributed by atoms with Crippen LogP contribution in [-0.2, 0) is 20.2 Å². The molecule has 0 atom stereocenters. The van der Waals surface area contributed by atoms with Gasteiger partial charge in [-0.1, -0.05) is 116 Å². The molecule has 0 saturated carbocycles. The maximum atomic E-state index is 11.8. The first kappa shape index (κ1) is 35.7. The Morgan fingerprint density at radius 3 is 1.05 bits per heavy atom. The van der Waals surface area contributed by atoms with Crippen LogP contribution in [-0.4, -0.2) is 63.7 Å². The Hall–Kier alpha value is -1.52. The fraction of sp³-hybridized carbons (Fsp3) is 0.375. The van der Waals surface area contributed by atoms with Crippen LogP contribution < -0.4 is 0 Å². The van der Waals surface area contributed by atoms with E-state index in [1.165, 1.54) is 0 Å². The van der Waals surface area contributed by atoms with Crippen molar-refractivity contribution in [2.75, 3.05) is 0 Å². The van der Waals surface area contributed by atoms with Gasteiger partial charge in [0.1, 0.15) is 20.2 Å². The van der Waals surface area contributed by atoms with Gasteiger partial charge in [-0.05, 0) is 67.5 Å². The molecule has 9 heteroatoms. The SMILES string of the molecule is CC(C)c1cc2ccccc2c(S(=O)(=O)[O-])c1C(C)C.CC(C)c1cc2ccccc2c(S(=O)(=O)[O-])c1C(C)C.[Ca+2]. The van der Waals surface area contributed by atoms with Crippen LogP contribution in [0, 0.1) is 0 Å². The van der Waals surface area contributed by atoms with Crippen LogP contribution in [0.25, 0.3) is 21.5 Å². The summed E-state index contributed by atoms with van der Waals surface area (Å²) in [4.78, 5) is -0.0939. The van der Waals surface area contributed by atoms with Gasteiger partial charge in [-0.3, -0.25) is 0 Å². The van der Waals surface area contributed by atoms with Gasteiger partial charge >= 0.3 is 37.7 Å². The molecule has 0 saturated heterocycles. The Kier molecular flexibility index (Phi) is 12.0. The van der Waals surface area contributed by atoms with E-state index in [-0.39, 0.29) is 71.2 Å². The maximum Gasteiger partial charge on any atom is 2.00 e. The van der Waals surface area contributed by atoms with E-state index in [1.807, 2.05) is 91.8 Å². The Balaban J connectivity index is 0.000000280. The van der Waals surface area contributed by atoms with Crippen molar-refractivity contribution < 1.29 is 25.9 Å². The van der Waals surface area contributed by atoms with E-state index >= 15 is 0 Å². The topological polar surface area (TPSA) is 114 Å². The molecule has 41 heavy (non-hydrogen) atoms. The second-order valence-corrected chi connectivity index (χ2v) is 14.0. The molecule has 0 aliphatic carbocycles. The van der Waals surface area contributed by atoms with Crippen molar-refractivity contribution in [1.82, 2.24) is 0 Å². The monoisotopic (exact) mass is 622 g/mol. The van der Waals surface area contributed by atoms with Gasteiger partial charge in [-0.2, -0.15) is 0 Å². The average molecular weight is 623 g/mol. The summed E-state index contributed by atoms with van der Waals surface area (Å²) in [6, 6.07) is 18.3. The predicted octanol–water partition coefficient (Wildman–Crippen LogP) is 7.60. The molecule has 0 aliphatic heterocycles. The van der Waals surface area contributed by atoms with E-state index in [4.69, 9.17) is 0 Å². The molecule has 0 fully saturated rings. The standard InChI is InChI=1S/2C16H20O3S.Ca/c2*1-10(2)14-9-12-7-5-6-8-13(12)16(20(17,18)19)15(14)11(3)4;/h2*5-11H,1-4H3,(H,17,18,19);/q;;+2/p-2. The van der Waals surface area contributed by atoms with Crippen LogP contribution in [0.2, 0.25) is 0 Å². The molecule has 4 aromatic rings. The van der Waals surface area contributed by atoms with E-state index in [1.54, 1.807) is 24.3 Å². The second kappa shape index (κ2) is 13.8. The normalized spacial score (nSPS) is 12.2. The summed E-state index contributed by atoms with van der Waals surface area (Å²) < 4.78 is 70.7. The molecule has 216 valence electrons. The van der Waals surface area contributed by atoms with Crippen molar-refractivity contribution in [2.45, 2.75) is 88.9 Å². The third kappa shape index (κ3) is 7.91. The molecular weight excluding hydrogens is 585 g/mol. The van der Waals surface area contributed by atoms with Crippen LogP contribution in [0.1, 0.15) is 101 Å². The smallest absolute Gasteiger partial charge is 0.744 e. The van der Waals surface area contributed by atoms with Gasteiger partial charge in [0.15, 0.2) is 0 Å². The van der Waals surface area contributed by atoms with Crippen molar-refractivity contribution in [2.24, 2.45) is 0 Å². The summed E-state index contributed by atoms with van der Waals surface area (Å²) in [6.07, 6.45) is 0. The van der Waals surface area contributed by atoms with Gasteiger partial charge in [0.05, 0.1) is 9.79 Å². The quantitative estimate of drug-likeness (QED) is 0.162. The Labute approximate surface area is 275 Å². The molecule has 0 N–H and O–H groups in total. The zero-order valence-electron chi connectivity index (χ0n) is 25.1. The Morgan fingerprint density at radius 1 is 0.512 bits per heavy atom. The van der Waals surface area contributed by atoms with Crippen LogP contribution in [0.3, 0.4) is 0 Å². The fourth-order valence-corrected chi connectivity index (χ4v) is 7.54. The molecular formula is C32H38CaO6S2. The Morgan fingerprint density at radius 2 is 0.805 bits per heavy atom. The average Bonchev–Trinajstić information content (AvgIpc) is 2.85. The first-order valence-electron chi connectivity index (χ1n) is 13.5. The largest absolute Gasteiger partial charge is 2.00 e. The van der Waals surface area contributed by atoms with E-state index in [0.717, 1.165) is 21.9 Å². The molecule has 0 spiro atoms. The second-order valence-electron chi connectivity index (χ2n) is 11.4. The number of benzene rings is 4. The predicted molar refractivity (Wildman–Crippen MR) is 166 cm³/mol. The van der Waals surface area contributed by atoms with Crippen molar-refractivity contribution in [3.63, 3.8) is 0 Å². The zero-order valence-corrected chi connectivity index (χ0v) is 28.9. The van der Waals surface area contributed by atoms with Crippen molar-refractivity contribution in [1.29, 1.82) is 0 Å². The molecule has 0 amide bonds. The molecule has 0 aliphatic rings. The summed E-state index contributed by atoms with van der Waals surface area (Å²) >= 11 is 0. The molecule has 0 bridgehead atoms. The molecule has 0 unspecified atom stereocenters. The van der Waals surface area contributed by atoms with E-state index in [0.29, 0.717) is 21.9 Å². The minimum Gasteiger partial charge on any atom is -0.744 e. The van der Waals surface area contributed by atoms with Gasteiger partial charge in [0.2, 0.25) is 0 Å². The van der Waals surface area contributed by atoms with Crippen LogP contribution >= 0.6 is 0 Å². The summed E-state index contributed by atoms with van der Waals surface area (Å²) in [5.41, 5.74) is 3.20. The summed E-state index contributed by atoms with van der Waals surface area (Å²) in [5, 5.41) is 2.65. The molecule has 0 aromatic heterocycles. The first-order chi connectivity index (χ1) is 18.5. The number of fused-ring (bicyclic) bond motifs is 2. The van der Waals surface area contributed by atoms with Crippen LogP contribution in [0.15, 0.2) is 70.5 Å². The molecule has 6 nitrogen and oxygen atoms in total. The van der Waals surface area contributed by atoms with Crippen LogP contribution in [0.5, 0.6) is 0 Å². The fourth-order valence-electron chi connectivity index (χ4n) is 5.39. The van der Waals surface area contributed by atoms with E-state index in [2.05, 4.69) is 0 Å². The third-order valence-corrected chi connectivity index (χ3v) is 8.92. The Bertz CT molecular complexity index is 1630. The zero-order chi connectivity index (χ0) is 30.2. The number of rotatable bonds is 6. The van der Waals surface area contributed by atoms with E-state index < -0.39 is 20.2 Å². The van der Waals surface area contributed by atoms with Gasteiger partial charge in [0, 0.05) is 0 Å². The third-order valence-electron chi connectivity index (χ3n) is 7.04. The van der Waals surface area contributed by atoms with E-state index in [9.17, 15) is 25.9 Å². The molecule has 4 aromatic carbocycles. The molecule has 0 radical (unpaired) electrons. The van der Waals surface area contributed by atoms with Gasteiger partial charge in [0.25, 0.3) is 0 Å². The molecule has 4 rings (SSSR count). The van der Waals surface area contributed by atoms with Crippen molar-refractivity contribution in [3.05, 3.63) is 82.9 Å². The summed E-state index contributed by atoms with van der Waals surface area (Å²) in [6.45, 7) is 15.7. The summed E-state index contributed by atoms with van der Waals surface area (Å²) in [7, 11) is -9.02. The number of hydrogen-bond donors (Lipinski definition) is 0. The first-order valence-corrected chi connectivity index (χ1v) is 16.3.